The van der Waals surface area contributed by atoms with E-state index < -0.39 is 0 Å². The molecule has 0 atom stereocenters. The van der Waals surface area contributed by atoms with Crippen LogP contribution in [0.2, 0.25) is 4.47 Å². The highest BCUT2D eigenvalue weighted by atomic mass is 35.5. The van der Waals surface area contributed by atoms with Crippen LogP contribution in [0.15, 0.2) is 0 Å². The van der Waals surface area contributed by atoms with Gasteiger partial charge in [-0.2, -0.15) is 0 Å². The number of nitrogen functional groups attached to an aromatic ring is 1. The summed E-state index contributed by atoms with van der Waals surface area (Å²) in [6.07, 6.45) is 2.45. The molecule has 1 fully saturated rings. The molecule has 54 valence electrons. The number of halogens is 1. The molecule has 0 aliphatic heterocycles. The van der Waals surface area contributed by atoms with Gasteiger partial charge in [0.2, 0.25) is 0 Å². The molecule has 0 unspecified atom stereocenters. The zero-order chi connectivity index (χ0) is 7.14. The average Bonchev–Trinajstić information content (AvgIpc) is 2.61. The van der Waals surface area contributed by atoms with Crippen molar-refractivity contribution in [3.8, 4) is 0 Å². The van der Waals surface area contributed by atoms with Gasteiger partial charge in [-0.3, -0.25) is 0 Å². The number of hydrogen-bond acceptors (Lipinski definition) is 3. The topological polar surface area (TPSA) is 38.9 Å². The fraction of sp³-hybridized carbons (Fsp3) is 0.500. The average molecular weight is 175 g/mol. The van der Waals surface area contributed by atoms with E-state index in [1.807, 2.05) is 0 Å². The van der Waals surface area contributed by atoms with Crippen molar-refractivity contribution >= 4 is 27.9 Å². The molecule has 1 aromatic heterocycles. The van der Waals surface area contributed by atoms with Gasteiger partial charge in [-0.1, -0.05) is 22.9 Å². The normalized spacial score (nSPS) is 17.7. The predicted octanol–water partition coefficient (Wildman–Crippen LogP) is 2.26. The van der Waals surface area contributed by atoms with E-state index in [1.165, 1.54) is 24.2 Å². The summed E-state index contributed by atoms with van der Waals surface area (Å²) in [5, 5.41) is 0.799. The van der Waals surface area contributed by atoms with E-state index in [0.717, 1.165) is 10.7 Å². The van der Waals surface area contributed by atoms with E-state index in [2.05, 4.69) is 4.98 Å². The van der Waals surface area contributed by atoms with Crippen LogP contribution in [0.25, 0.3) is 0 Å². The van der Waals surface area contributed by atoms with Crippen molar-refractivity contribution in [2.75, 3.05) is 5.73 Å². The van der Waals surface area contributed by atoms with Gasteiger partial charge < -0.3 is 5.73 Å². The van der Waals surface area contributed by atoms with Gasteiger partial charge in [0.25, 0.3) is 0 Å². The number of nitrogens with two attached hydrogens (primary N) is 1. The maximum Gasteiger partial charge on any atom is 0.185 e. The maximum absolute atomic E-state index is 5.66. The molecule has 1 aliphatic rings. The van der Waals surface area contributed by atoms with Crippen molar-refractivity contribution in [3.63, 3.8) is 0 Å². The van der Waals surface area contributed by atoms with Crippen LogP contribution in [0.1, 0.15) is 24.5 Å². The first-order valence-corrected chi connectivity index (χ1v) is 4.38. The lowest BCUT2D eigenvalue weighted by atomic mass is 10.3. The van der Waals surface area contributed by atoms with Gasteiger partial charge >= 0.3 is 0 Å². The smallest absolute Gasteiger partial charge is 0.185 e. The molecule has 0 bridgehead atoms. The molecule has 0 amide bonds. The summed E-state index contributed by atoms with van der Waals surface area (Å²) in [6.45, 7) is 0. The third kappa shape index (κ3) is 0.995. The lowest BCUT2D eigenvalue weighted by Crippen LogP contribution is -1.86. The molecule has 0 aromatic carbocycles. The van der Waals surface area contributed by atoms with E-state index in [0.29, 0.717) is 10.4 Å². The highest BCUT2D eigenvalue weighted by Crippen LogP contribution is 2.44. The molecular weight excluding hydrogens is 168 g/mol. The highest BCUT2D eigenvalue weighted by Gasteiger charge is 2.28. The summed E-state index contributed by atoms with van der Waals surface area (Å²) >= 11 is 7.03. The SMILES string of the molecule is Nc1sc(Cl)nc1C1CC1. The first-order chi connectivity index (χ1) is 4.77. The highest BCUT2D eigenvalue weighted by molar-refractivity contribution is 7.19. The molecule has 2 rings (SSSR count). The minimum absolute atomic E-state index is 0.569. The van der Waals surface area contributed by atoms with Crippen molar-refractivity contribution in [1.29, 1.82) is 0 Å². The molecule has 0 saturated heterocycles. The largest absolute Gasteiger partial charge is 0.389 e. The van der Waals surface area contributed by atoms with Crippen molar-refractivity contribution in [3.05, 3.63) is 10.2 Å². The summed E-state index contributed by atoms with van der Waals surface area (Å²) in [6, 6.07) is 0. The second kappa shape index (κ2) is 2.10. The van der Waals surface area contributed by atoms with Gasteiger partial charge in [-0.25, -0.2) is 4.98 Å². The van der Waals surface area contributed by atoms with Crippen LogP contribution >= 0.6 is 22.9 Å². The van der Waals surface area contributed by atoms with E-state index in [9.17, 15) is 0 Å². The van der Waals surface area contributed by atoms with Crippen LogP contribution in [0.4, 0.5) is 5.00 Å². The summed E-state index contributed by atoms with van der Waals surface area (Å²) < 4.78 is 0.569. The Bertz CT molecular complexity index is 254. The van der Waals surface area contributed by atoms with E-state index >= 15 is 0 Å². The van der Waals surface area contributed by atoms with Gasteiger partial charge in [-0.05, 0) is 12.8 Å². The van der Waals surface area contributed by atoms with E-state index in [4.69, 9.17) is 17.3 Å². The predicted molar refractivity (Wildman–Crippen MR) is 43.5 cm³/mol. The Morgan fingerprint density at radius 2 is 2.30 bits per heavy atom. The molecule has 1 saturated carbocycles. The zero-order valence-corrected chi connectivity index (χ0v) is 6.87. The van der Waals surface area contributed by atoms with Gasteiger partial charge in [-0.15, -0.1) is 0 Å². The van der Waals surface area contributed by atoms with Gasteiger partial charge in [0.1, 0.15) is 5.00 Å². The molecule has 2 N–H and O–H groups in total. The lowest BCUT2D eigenvalue weighted by Gasteiger charge is -1.88. The van der Waals surface area contributed by atoms with Gasteiger partial charge in [0.15, 0.2) is 4.47 Å². The molecule has 0 spiro atoms. The third-order valence-corrected chi connectivity index (χ3v) is 2.62. The first kappa shape index (κ1) is 6.43. The fourth-order valence-electron chi connectivity index (χ4n) is 0.965. The molecule has 1 heterocycles. The summed E-state index contributed by atoms with van der Waals surface area (Å²) in [4.78, 5) is 4.13. The second-order valence-corrected chi connectivity index (χ2v) is 4.10. The quantitative estimate of drug-likeness (QED) is 0.710. The Balaban J connectivity index is 2.38. The number of aromatic nitrogens is 1. The Kier molecular flexibility index (Phi) is 1.35. The summed E-state index contributed by atoms with van der Waals surface area (Å²) in [7, 11) is 0. The number of nitrogens with zero attached hydrogens (tertiary/aromatic N) is 1. The maximum atomic E-state index is 5.66. The second-order valence-electron chi connectivity index (χ2n) is 2.49. The minimum atomic E-state index is 0.569. The molecule has 0 radical (unpaired) electrons. The number of hydrogen-bond donors (Lipinski definition) is 1. The van der Waals surface area contributed by atoms with E-state index in [1.54, 1.807) is 0 Å². The van der Waals surface area contributed by atoms with Gasteiger partial charge in [0, 0.05) is 5.92 Å². The van der Waals surface area contributed by atoms with Crippen molar-refractivity contribution < 1.29 is 0 Å². The number of thiazole rings is 1. The zero-order valence-electron chi connectivity index (χ0n) is 5.30. The monoisotopic (exact) mass is 174 g/mol. The Morgan fingerprint density at radius 1 is 1.60 bits per heavy atom. The van der Waals surface area contributed by atoms with Crippen LogP contribution in [-0.2, 0) is 0 Å². The molecule has 2 nitrogen and oxygen atoms in total. The first-order valence-electron chi connectivity index (χ1n) is 3.19. The Labute approximate surface area is 68.0 Å². The standard InChI is InChI=1S/C6H7ClN2S/c7-6-9-4(3-1-2-3)5(8)10-6/h3H,1-2,8H2. The third-order valence-electron chi connectivity index (χ3n) is 1.62. The van der Waals surface area contributed by atoms with Crippen molar-refractivity contribution in [1.82, 2.24) is 4.98 Å². The van der Waals surface area contributed by atoms with Crippen LogP contribution < -0.4 is 5.73 Å². The van der Waals surface area contributed by atoms with Crippen LogP contribution in [0, 0.1) is 0 Å². The fourth-order valence-corrected chi connectivity index (χ4v) is 1.95. The Hall–Kier alpha value is -0.280. The summed E-state index contributed by atoms with van der Waals surface area (Å²) in [5.41, 5.74) is 6.68. The molecule has 1 aromatic rings. The number of rotatable bonds is 1. The minimum Gasteiger partial charge on any atom is -0.389 e. The van der Waals surface area contributed by atoms with Crippen LogP contribution in [0.3, 0.4) is 0 Å². The molecule has 4 heteroatoms. The molecule has 10 heavy (non-hydrogen) atoms. The Morgan fingerprint density at radius 3 is 2.70 bits per heavy atom. The van der Waals surface area contributed by atoms with Gasteiger partial charge in [0.05, 0.1) is 5.69 Å². The summed E-state index contributed by atoms with van der Waals surface area (Å²) in [5.74, 6) is 0.615. The van der Waals surface area contributed by atoms with Crippen molar-refractivity contribution in [2.24, 2.45) is 0 Å². The molecule has 1 aliphatic carbocycles. The van der Waals surface area contributed by atoms with Crippen LogP contribution in [-0.4, -0.2) is 4.98 Å². The molecular formula is C6H7ClN2S. The van der Waals surface area contributed by atoms with E-state index in [-0.39, 0.29) is 0 Å². The van der Waals surface area contributed by atoms with Crippen LogP contribution in [0.5, 0.6) is 0 Å². The lowest BCUT2D eigenvalue weighted by molar-refractivity contribution is 1.05. The number of anilines is 1. The van der Waals surface area contributed by atoms with Crippen molar-refractivity contribution in [2.45, 2.75) is 18.8 Å².